The van der Waals surface area contributed by atoms with Crippen LogP contribution >= 0.6 is 11.3 Å². The van der Waals surface area contributed by atoms with E-state index in [1.54, 1.807) is 13.0 Å². The second kappa shape index (κ2) is 5.83. The average molecular weight is 336 g/mol. The molecule has 5 nitrogen and oxygen atoms in total. The maximum Gasteiger partial charge on any atom is 0.250 e. The highest BCUT2D eigenvalue weighted by Gasteiger charge is 2.16. The largest absolute Gasteiger partial charge is 0.441 e. The molecule has 2 heterocycles. The number of benzene rings is 1. The molecule has 0 fully saturated rings. The van der Waals surface area contributed by atoms with Crippen molar-refractivity contribution in [3.05, 3.63) is 46.7 Å². The zero-order chi connectivity index (χ0) is 15.7. The molecule has 7 heteroatoms. The molecule has 0 saturated carbocycles. The van der Waals surface area contributed by atoms with E-state index in [-0.39, 0.29) is 6.54 Å². The number of nitrogens with zero attached hydrogens (tertiary/aromatic N) is 1. The van der Waals surface area contributed by atoms with E-state index in [1.807, 2.05) is 31.2 Å². The standard InChI is InChI=1S/C15H16N2O3S2/c1-3-12-5-7-15(21-12)22(18,19)16-9-11-4-6-13-14(8-11)20-10(2)17-13/h4-8,16H,3,9H2,1-2H3. The van der Waals surface area contributed by atoms with Crippen molar-refractivity contribution in [1.82, 2.24) is 9.71 Å². The Morgan fingerprint density at radius 1 is 1.27 bits per heavy atom. The molecule has 2 aromatic heterocycles. The van der Waals surface area contributed by atoms with Crippen molar-refractivity contribution in [1.29, 1.82) is 0 Å². The minimum atomic E-state index is -3.47. The molecule has 0 spiro atoms. The van der Waals surface area contributed by atoms with Crippen LogP contribution in [0.4, 0.5) is 0 Å². The van der Waals surface area contributed by atoms with Crippen LogP contribution < -0.4 is 4.72 Å². The Labute approximate surface area is 133 Å². The molecule has 3 aromatic rings. The first kappa shape index (κ1) is 15.2. The lowest BCUT2D eigenvalue weighted by atomic mass is 10.2. The van der Waals surface area contributed by atoms with E-state index in [4.69, 9.17) is 4.42 Å². The van der Waals surface area contributed by atoms with Crippen molar-refractivity contribution in [2.45, 2.75) is 31.0 Å². The van der Waals surface area contributed by atoms with Gasteiger partial charge in [-0.25, -0.2) is 18.1 Å². The molecule has 0 aliphatic rings. The van der Waals surface area contributed by atoms with E-state index >= 15 is 0 Å². The molecule has 1 aromatic carbocycles. The molecule has 116 valence electrons. The summed E-state index contributed by atoms with van der Waals surface area (Å²) in [6.07, 6.45) is 0.835. The fraction of sp³-hybridized carbons (Fsp3) is 0.267. The van der Waals surface area contributed by atoms with Crippen molar-refractivity contribution in [3.63, 3.8) is 0 Å². The van der Waals surface area contributed by atoms with Gasteiger partial charge in [-0.3, -0.25) is 0 Å². The Morgan fingerprint density at radius 2 is 2.09 bits per heavy atom. The van der Waals surface area contributed by atoms with E-state index in [0.29, 0.717) is 15.7 Å². The van der Waals surface area contributed by atoms with Gasteiger partial charge >= 0.3 is 0 Å². The highest BCUT2D eigenvalue weighted by Crippen LogP contribution is 2.22. The van der Waals surface area contributed by atoms with Crippen LogP contribution in [-0.4, -0.2) is 13.4 Å². The molecule has 22 heavy (non-hydrogen) atoms. The third-order valence-electron chi connectivity index (χ3n) is 3.28. The quantitative estimate of drug-likeness (QED) is 0.776. The highest BCUT2D eigenvalue weighted by atomic mass is 32.2. The minimum absolute atomic E-state index is 0.220. The number of aryl methyl sites for hydroxylation is 2. The fourth-order valence-electron chi connectivity index (χ4n) is 2.14. The van der Waals surface area contributed by atoms with Gasteiger partial charge in [0.2, 0.25) is 10.0 Å². The number of oxazole rings is 1. The third kappa shape index (κ3) is 3.06. The SMILES string of the molecule is CCc1ccc(S(=O)(=O)NCc2ccc3nc(C)oc3c2)s1. The second-order valence-corrected chi connectivity index (χ2v) is 8.10. The molecule has 0 radical (unpaired) electrons. The van der Waals surface area contributed by atoms with Crippen LogP contribution in [0.3, 0.4) is 0 Å². The van der Waals surface area contributed by atoms with Gasteiger partial charge in [0, 0.05) is 18.3 Å². The zero-order valence-electron chi connectivity index (χ0n) is 12.3. The Hall–Kier alpha value is -1.70. The maximum absolute atomic E-state index is 12.3. The van der Waals surface area contributed by atoms with E-state index in [1.165, 1.54) is 11.3 Å². The number of hydrogen-bond acceptors (Lipinski definition) is 5. The summed E-state index contributed by atoms with van der Waals surface area (Å²) < 4.78 is 33.0. The van der Waals surface area contributed by atoms with Gasteiger partial charge in [-0.15, -0.1) is 11.3 Å². The van der Waals surface area contributed by atoms with Gasteiger partial charge in [0.05, 0.1) is 0 Å². The molecule has 0 bridgehead atoms. The lowest BCUT2D eigenvalue weighted by molar-refractivity contribution is 0.560. The number of hydrogen-bond donors (Lipinski definition) is 1. The monoisotopic (exact) mass is 336 g/mol. The maximum atomic E-state index is 12.3. The van der Waals surface area contributed by atoms with E-state index < -0.39 is 10.0 Å². The summed E-state index contributed by atoms with van der Waals surface area (Å²) in [6, 6.07) is 8.98. The summed E-state index contributed by atoms with van der Waals surface area (Å²) >= 11 is 1.30. The van der Waals surface area contributed by atoms with Crippen molar-refractivity contribution in [2.24, 2.45) is 0 Å². The lowest BCUT2D eigenvalue weighted by Gasteiger charge is -2.04. The van der Waals surface area contributed by atoms with Crippen molar-refractivity contribution >= 4 is 32.5 Å². The molecular formula is C15H16N2O3S2. The third-order valence-corrected chi connectivity index (χ3v) is 6.40. The molecule has 3 rings (SSSR count). The zero-order valence-corrected chi connectivity index (χ0v) is 13.9. The Bertz CT molecular complexity index is 910. The van der Waals surface area contributed by atoms with Crippen LogP contribution in [-0.2, 0) is 23.0 Å². The Morgan fingerprint density at radius 3 is 2.82 bits per heavy atom. The van der Waals surface area contributed by atoms with Crippen molar-refractivity contribution < 1.29 is 12.8 Å². The predicted molar refractivity (Wildman–Crippen MR) is 86.5 cm³/mol. The summed E-state index contributed by atoms with van der Waals surface area (Å²) in [4.78, 5) is 5.27. The second-order valence-electron chi connectivity index (χ2n) is 4.93. The van der Waals surface area contributed by atoms with Crippen molar-refractivity contribution in [3.8, 4) is 0 Å². The molecule has 0 atom stereocenters. The van der Waals surface area contributed by atoms with Crippen LogP contribution in [0.1, 0.15) is 23.3 Å². The van der Waals surface area contributed by atoms with Gasteiger partial charge in [0.15, 0.2) is 11.5 Å². The van der Waals surface area contributed by atoms with Gasteiger partial charge in [-0.2, -0.15) is 0 Å². The Balaban J connectivity index is 1.77. The van der Waals surface area contributed by atoms with Crippen LogP contribution in [0.25, 0.3) is 11.1 Å². The number of thiophene rings is 1. The first-order valence-electron chi connectivity index (χ1n) is 6.92. The van der Waals surface area contributed by atoms with E-state index in [9.17, 15) is 8.42 Å². The topological polar surface area (TPSA) is 72.2 Å². The van der Waals surface area contributed by atoms with Gasteiger partial charge in [0.1, 0.15) is 9.73 Å². The van der Waals surface area contributed by atoms with Crippen LogP contribution in [0.2, 0.25) is 0 Å². The van der Waals surface area contributed by atoms with Gasteiger partial charge in [-0.05, 0) is 36.2 Å². The number of sulfonamides is 1. The smallest absolute Gasteiger partial charge is 0.250 e. The molecule has 0 amide bonds. The summed E-state index contributed by atoms with van der Waals surface area (Å²) in [6.45, 7) is 4.01. The molecule has 1 N–H and O–H groups in total. The molecule has 0 aliphatic carbocycles. The summed E-state index contributed by atoms with van der Waals surface area (Å²) in [5.41, 5.74) is 2.27. The molecule has 0 unspecified atom stereocenters. The number of nitrogens with one attached hydrogen (secondary N) is 1. The van der Waals surface area contributed by atoms with Crippen molar-refractivity contribution in [2.75, 3.05) is 0 Å². The molecule has 0 saturated heterocycles. The Kier molecular flexibility index (Phi) is 4.03. The molecule has 0 aliphatic heterocycles. The number of rotatable bonds is 5. The first-order valence-corrected chi connectivity index (χ1v) is 9.22. The normalized spacial score (nSPS) is 12.1. The first-order chi connectivity index (χ1) is 10.5. The van der Waals surface area contributed by atoms with Crippen LogP contribution in [0, 0.1) is 6.92 Å². The number of fused-ring (bicyclic) bond motifs is 1. The van der Waals surface area contributed by atoms with E-state index in [0.717, 1.165) is 22.4 Å². The van der Waals surface area contributed by atoms with Crippen LogP contribution in [0.15, 0.2) is 39.0 Å². The lowest BCUT2D eigenvalue weighted by Crippen LogP contribution is -2.22. The predicted octanol–water partition coefficient (Wildman–Crippen LogP) is 3.24. The summed E-state index contributed by atoms with van der Waals surface area (Å²) in [7, 11) is -3.47. The minimum Gasteiger partial charge on any atom is -0.441 e. The van der Waals surface area contributed by atoms with Gasteiger partial charge < -0.3 is 4.42 Å². The highest BCUT2D eigenvalue weighted by molar-refractivity contribution is 7.91. The summed E-state index contributed by atoms with van der Waals surface area (Å²) in [5, 5.41) is 0. The fourth-order valence-corrected chi connectivity index (χ4v) is 4.49. The molecular weight excluding hydrogens is 320 g/mol. The van der Waals surface area contributed by atoms with Gasteiger partial charge in [-0.1, -0.05) is 13.0 Å². The van der Waals surface area contributed by atoms with E-state index in [2.05, 4.69) is 9.71 Å². The summed E-state index contributed by atoms with van der Waals surface area (Å²) in [5.74, 6) is 0.596. The van der Waals surface area contributed by atoms with Crippen LogP contribution in [0.5, 0.6) is 0 Å². The average Bonchev–Trinajstić information content (AvgIpc) is 3.10. The number of aromatic nitrogens is 1. The van der Waals surface area contributed by atoms with Gasteiger partial charge in [0.25, 0.3) is 0 Å².